The molecule has 1 aromatic rings. The second-order valence-corrected chi connectivity index (χ2v) is 4.90. The van der Waals surface area contributed by atoms with Crippen LogP contribution < -0.4 is 5.46 Å². The minimum Gasteiger partial charge on any atom is -0.423 e. The Bertz CT molecular complexity index is 414. The van der Waals surface area contributed by atoms with Gasteiger partial charge in [-0.2, -0.15) is 0 Å². The lowest BCUT2D eigenvalue weighted by Gasteiger charge is -2.23. The van der Waals surface area contributed by atoms with Crippen LogP contribution in [0.3, 0.4) is 0 Å². The first-order valence-corrected chi connectivity index (χ1v) is 6.50. The summed E-state index contributed by atoms with van der Waals surface area (Å²) in [6.07, 6.45) is 3.45. The topological polar surface area (TPSA) is 43.7 Å². The van der Waals surface area contributed by atoms with Gasteiger partial charge in [0, 0.05) is 18.2 Å². The van der Waals surface area contributed by atoms with E-state index in [0.29, 0.717) is 18.2 Å². The molecular formula is C13H19BFNO2. The summed E-state index contributed by atoms with van der Waals surface area (Å²) in [6.45, 7) is 3.78. The molecule has 0 amide bonds. The fourth-order valence-electron chi connectivity index (χ4n) is 2.64. The molecular weight excluding hydrogens is 232 g/mol. The van der Waals surface area contributed by atoms with Crippen LogP contribution in [0.4, 0.5) is 4.39 Å². The molecule has 0 bridgehead atoms. The summed E-state index contributed by atoms with van der Waals surface area (Å²) < 4.78 is 13.8. The lowest BCUT2D eigenvalue weighted by molar-refractivity contribution is 0.237. The zero-order chi connectivity index (χ0) is 13.1. The van der Waals surface area contributed by atoms with E-state index in [2.05, 4.69) is 11.8 Å². The van der Waals surface area contributed by atoms with Crippen molar-refractivity contribution in [2.24, 2.45) is 0 Å². The molecule has 0 aromatic heterocycles. The Hall–Kier alpha value is -0.905. The Kier molecular flexibility index (Phi) is 4.38. The molecule has 1 aliphatic rings. The van der Waals surface area contributed by atoms with Crippen LogP contribution in [0, 0.1) is 5.82 Å². The van der Waals surface area contributed by atoms with Gasteiger partial charge in [-0.3, -0.25) is 4.90 Å². The molecule has 18 heavy (non-hydrogen) atoms. The first-order chi connectivity index (χ1) is 8.61. The van der Waals surface area contributed by atoms with E-state index < -0.39 is 7.12 Å². The van der Waals surface area contributed by atoms with Crippen LogP contribution >= 0.6 is 0 Å². The van der Waals surface area contributed by atoms with Crippen LogP contribution in [0.1, 0.15) is 31.7 Å². The zero-order valence-electron chi connectivity index (χ0n) is 10.6. The van der Waals surface area contributed by atoms with Crippen molar-refractivity contribution in [2.75, 3.05) is 6.54 Å². The SMILES string of the molecule is CCC1CCCN1Cc1ccc(B(O)O)cc1F. The van der Waals surface area contributed by atoms with Crippen molar-refractivity contribution in [2.45, 2.75) is 38.8 Å². The molecule has 1 atom stereocenters. The smallest absolute Gasteiger partial charge is 0.423 e. The second kappa shape index (κ2) is 5.82. The Morgan fingerprint density at radius 3 is 2.83 bits per heavy atom. The molecule has 1 aromatic carbocycles. The number of rotatable bonds is 4. The normalized spacial score (nSPS) is 20.3. The maximum absolute atomic E-state index is 13.8. The highest BCUT2D eigenvalue weighted by Gasteiger charge is 2.24. The molecule has 5 heteroatoms. The largest absolute Gasteiger partial charge is 0.488 e. The van der Waals surface area contributed by atoms with E-state index in [1.165, 1.54) is 18.9 Å². The summed E-state index contributed by atoms with van der Waals surface area (Å²) in [5.74, 6) is -0.359. The number of likely N-dealkylation sites (tertiary alicyclic amines) is 1. The highest BCUT2D eigenvalue weighted by Crippen LogP contribution is 2.22. The maximum atomic E-state index is 13.8. The molecule has 2 rings (SSSR count). The standard InChI is InChI=1S/C13H19BFNO2/c1-2-12-4-3-7-16(12)9-10-5-6-11(14(17)18)8-13(10)15/h5-6,8,12,17-18H,2-4,7,9H2,1H3. The molecule has 0 aliphatic carbocycles. The molecule has 1 aliphatic heterocycles. The zero-order valence-corrected chi connectivity index (χ0v) is 10.6. The Labute approximate surface area is 107 Å². The van der Waals surface area contributed by atoms with Crippen molar-refractivity contribution in [3.63, 3.8) is 0 Å². The minimum atomic E-state index is -1.61. The number of hydrogen-bond donors (Lipinski definition) is 2. The molecule has 0 spiro atoms. The minimum absolute atomic E-state index is 0.199. The van der Waals surface area contributed by atoms with Crippen molar-refractivity contribution in [3.8, 4) is 0 Å². The third-order valence-corrected chi connectivity index (χ3v) is 3.72. The first kappa shape index (κ1) is 13.5. The van der Waals surface area contributed by atoms with Crippen LogP contribution in [0.5, 0.6) is 0 Å². The van der Waals surface area contributed by atoms with Crippen molar-refractivity contribution in [3.05, 3.63) is 29.6 Å². The summed E-state index contributed by atoms with van der Waals surface area (Å²) in [6, 6.07) is 4.97. The monoisotopic (exact) mass is 251 g/mol. The van der Waals surface area contributed by atoms with E-state index in [-0.39, 0.29) is 11.3 Å². The van der Waals surface area contributed by atoms with Crippen molar-refractivity contribution in [1.82, 2.24) is 4.90 Å². The van der Waals surface area contributed by atoms with Crippen LogP contribution in [0.25, 0.3) is 0 Å². The van der Waals surface area contributed by atoms with Gasteiger partial charge >= 0.3 is 7.12 Å². The second-order valence-electron chi connectivity index (χ2n) is 4.90. The molecule has 1 saturated heterocycles. The van der Waals surface area contributed by atoms with Gasteiger partial charge in [-0.15, -0.1) is 0 Å². The Morgan fingerprint density at radius 2 is 2.22 bits per heavy atom. The van der Waals surface area contributed by atoms with Crippen LogP contribution in [-0.4, -0.2) is 34.7 Å². The predicted molar refractivity (Wildman–Crippen MR) is 69.9 cm³/mol. The number of nitrogens with zero attached hydrogens (tertiary/aromatic N) is 1. The average molecular weight is 251 g/mol. The third kappa shape index (κ3) is 2.91. The summed E-state index contributed by atoms with van der Waals surface area (Å²) in [4.78, 5) is 2.30. The van der Waals surface area contributed by atoms with Crippen LogP contribution in [0.15, 0.2) is 18.2 Å². The summed E-state index contributed by atoms with van der Waals surface area (Å²) in [7, 11) is -1.61. The molecule has 2 N–H and O–H groups in total. The van der Waals surface area contributed by atoms with E-state index in [1.807, 2.05) is 0 Å². The van der Waals surface area contributed by atoms with E-state index in [1.54, 1.807) is 12.1 Å². The number of benzene rings is 1. The van der Waals surface area contributed by atoms with Gasteiger partial charge in [0.1, 0.15) is 5.82 Å². The van der Waals surface area contributed by atoms with Crippen LogP contribution in [-0.2, 0) is 6.54 Å². The van der Waals surface area contributed by atoms with Gasteiger partial charge in [0.05, 0.1) is 0 Å². The molecule has 1 heterocycles. The Morgan fingerprint density at radius 1 is 1.44 bits per heavy atom. The van der Waals surface area contributed by atoms with E-state index >= 15 is 0 Å². The highest BCUT2D eigenvalue weighted by atomic mass is 19.1. The first-order valence-electron chi connectivity index (χ1n) is 6.50. The lowest BCUT2D eigenvalue weighted by atomic mass is 9.80. The van der Waals surface area contributed by atoms with Gasteiger partial charge in [0.15, 0.2) is 0 Å². The quantitative estimate of drug-likeness (QED) is 0.781. The number of hydrogen-bond acceptors (Lipinski definition) is 3. The third-order valence-electron chi connectivity index (χ3n) is 3.72. The van der Waals surface area contributed by atoms with Crippen molar-refractivity contribution in [1.29, 1.82) is 0 Å². The molecule has 1 fully saturated rings. The van der Waals surface area contributed by atoms with Crippen molar-refractivity contribution < 1.29 is 14.4 Å². The summed E-state index contributed by atoms with van der Waals surface area (Å²) >= 11 is 0. The molecule has 3 nitrogen and oxygen atoms in total. The van der Waals surface area contributed by atoms with Gasteiger partial charge in [-0.25, -0.2) is 4.39 Å². The lowest BCUT2D eigenvalue weighted by Crippen LogP contribution is -2.31. The summed E-state index contributed by atoms with van der Waals surface area (Å²) in [5, 5.41) is 18.0. The van der Waals surface area contributed by atoms with E-state index in [9.17, 15) is 4.39 Å². The fourth-order valence-corrected chi connectivity index (χ4v) is 2.64. The number of halogens is 1. The molecule has 0 saturated carbocycles. The molecule has 0 radical (unpaired) electrons. The van der Waals surface area contributed by atoms with Gasteiger partial charge < -0.3 is 10.0 Å². The highest BCUT2D eigenvalue weighted by molar-refractivity contribution is 6.58. The molecule has 98 valence electrons. The van der Waals surface area contributed by atoms with E-state index in [4.69, 9.17) is 10.0 Å². The van der Waals surface area contributed by atoms with Gasteiger partial charge in [-0.05, 0) is 37.3 Å². The fraction of sp³-hybridized carbons (Fsp3) is 0.538. The predicted octanol–water partition coefficient (Wildman–Crippen LogP) is 0.880. The maximum Gasteiger partial charge on any atom is 0.488 e. The average Bonchev–Trinajstić information content (AvgIpc) is 2.78. The van der Waals surface area contributed by atoms with Crippen LogP contribution in [0.2, 0.25) is 0 Å². The van der Waals surface area contributed by atoms with Gasteiger partial charge in [0.25, 0.3) is 0 Å². The van der Waals surface area contributed by atoms with Gasteiger partial charge in [-0.1, -0.05) is 19.1 Å². The molecule has 1 unspecified atom stereocenters. The van der Waals surface area contributed by atoms with E-state index in [0.717, 1.165) is 13.0 Å². The Balaban J connectivity index is 2.09. The summed E-state index contributed by atoms with van der Waals surface area (Å²) in [5.41, 5.74) is 0.824. The van der Waals surface area contributed by atoms with Gasteiger partial charge in [0.2, 0.25) is 0 Å². The van der Waals surface area contributed by atoms with Crippen molar-refractivity contribution >= 4 is 12.6 Å².